The molecule has 0 aliphatic heterocycles. The maximum absolute atomic E-state index is 11.1. The summed E-state index contributed by atoms with van der Waals surface area (Å²) < 4.78 is 5.67. The van der Waals surface area contributed by atoms with Gasteiger partial charge in [-0.15, -0.1) is 0 Å². The summed E-state index contributed by atoms with van der Waals surface area (Å²) in [7, 11) is 0. The first-order valence-corrected chi connectivity index (χ1v) is 6.98. The van der Waals surface area contributed by atoms with Gasteiger partial charge < -0.3 is 10.1 Å². The van der Waals surface area contributed by atoms with Crippen molar-refractivity contribution in [3.05, 3.63) is 40.6 Å². The van der Waals surface area contributed by atoms with Gasteiger partial charge in [0.1, 0.15) is 6.20 Å². The molecule has 0 unspecified atom stereocenters. The number of pyridine rings is 1. The number of hydrogen-bond acceptors (Lipinski definition) is 5. The van der Waals surface area contributed by atoms with Gasteiger partial charge in [-0.1, -0.05) is 26.0 Å². The van der Waals surface area contributed by atoms with E-state index in [-0.39, 0.29) is 5.69 Å². The Bertz CT molecular complexity index is 629. The Hall–Kier alpha value is -2.21. The van der Waals surface area contributed by atoms with Gasteiger partial charge in [-0.25, -0.2) is 4.98 Å². The number of rotatable bonds is 7. The number of nitro groups is 1. The SMILES string of the molecule is CC(C)NCCCOc1c([N+](=O)[O-])cnc2ccccc12. The lowest BCUT2D eigenvalue weighted by molar-refractivity contribution is -0.386. The zero-order chi connectivity index (χ0) is 15.2. The van der Waals surface area contributed by atoms with E-state index in [1.165, 1.54) is 6.20 Å². The van der Waals surface area contributed by atoms with Crippen molar-refractivity contribution in [1.29, 1.82) is 0 Å². The molecule has 6 heteroatoms. The molecule has 0 aliphatic carbocycles. The normalized spacial score (nSPS) is 11.0. The number of nitrogens with one attached hydrogen (secondary N) is 1. The van der Waals surface area contributed by atoms with E-state index in [0.29, 0.717) is 29.3 Å². The number of fused-ring (bicyclic) bond motifs is 1. The summed E-state index contributed by atoms with van der Waals surface area (Å²) >= 11 is 0. The largest absolute Gasteiger partial charge is 0.486 e. The molecule has 1 aromatic heterocycles. The summed E-state index contributed by atoms with van der Waals surface area (Å²) in [5.41, 5.74) is 0.601. The fraction of sp³-hybridized carbons (Fsp3) is 0.400. The van der Waals surface area contributed by atoms with Crippen LogP contribution in [-0.2, 0) is 0 Å². The van der Waals surface area contributed by atoms with Gasteiger partial charge in [-0.05, 0) is 25.1 Å². The molecule has 1 aromatic carbocycles. The third-order valence-electron chi connectivity index (χ3n) is 3.02. The Morgan fingerprint density at radius 1 is 1.38 bits per heavy atom. The molecule has 0 radical (unpaired) electrons. The average molecular weight is 289 g/mol. The number of ether oxygens (including phenoxy) is 1. The second kappa shape index (κ2) is 6.99. The van der Waals surface area contributed by atoms with Gasteiger partial charge in [0, 0.05) is 11.4 Å². The highest BCUT2D eigenvalue weighted by Crippen LogP contribution is 2.33. The van der Waals surface area contributed by atoms with Crippen molar-refractivity contribution in [2.75, 3.05) is 13.2 Å². The Balaban J connectivity index is 2.16. The maximum atomic E-state index is 11.1. The second-order valence-electron chi connectivity index (χ2n) is 5.06. The van der Waals surface area contributed by atoms with Gasteiger partial charge in [-0.3, -0.25) is 10.1 Å². The van der Waals surface area contributed by atoms with Gasteiger partial charge in [0.15, 0.2) is 0 Å². The Labute approximate surface area is 123 Å². The van der Waals surface area contributed by atoms with Crippen molar-refractivity contribution in [2.24, 2.45) is 0 Å². The van der Waals surface area contributed by atoms with Crippen LogP contribution in [0.5, 0.6) is 5.75 Å². The highest BCUT2D eigenvalue weighted by molar-refractivity contribution is 5.88. The van der Waals surface area contributed by atoms with Crippen LogP contribution in [0, 0.1) is 10.1 Å². The fourth-order valence-electron chi connectivity index (χ4n) is 2.02. The summed E-state index contributed by atoms with van der Waals surface area (Å²) in [6.07, 6.45) is 2.04. The highest BCUT2D eigenvalue weighted by atomic mass is 16.6. The summed E-state index contributed by atoms with van der Waals surface area (Å²) in [5, 5.41) is 15.1. The van der Waals surface area contributed by atoms with Crippen LogP contribution in [0.2, 0.25) is 0 Å². The third kappa shape index (κ3) is 3.88. The van der Waals surface area contributed by atoms with Crippen molar-refractivity contribution < 1.29 is 9.66 Å². The first kappa shape index (κ1) is 15.2. The quantitative estimate of drug-likeness (QED) is 0.482. The number of para-hydroxylation sites is 1. The molecule has 0 aliphatic rings. The predicted molar refractivity (Wildman–Crippen MR) is 81.6 cm³/mol. The van der Waals surface area contributed by atoms with Gasteiger partial charge in [-0.2, -0.15) is 0 Å². The lowest BCUT2D eigenvalue weighted by atomic mass is 10.2. The Morgan fingerprint density at radius 3 is 2.86 bits per heavy atom. The maximum Gasteiger partial charge on any atom is 0.329 e. The molecule has 6 nitrogen and oxygen atoms in total. The van der Waals surface area contributed by atoms with Crippen LogP contribution in [0.25, 0.3) is 10.9 Å². The minimum atomic E-state index is -0.457. The molecule has 0 saturated carbocycles. The summed E-state index contributed by atoms with van der Waals surface area (Å²) in [4.78, 5) is 14.8. The van der Waals surface area contributed by atoms with Gasteiger partial charge >= 0.3 is 5.69 Å². The summed E-state index contributed by atoms with van der Waals surface area (Å²) in [6.45, 7) is 5.38. The van der Waals surface area contributed by atoms with E-state index in [9.17, 15) is 10.1 Å². The van der Waals surface area contributed by atoms with E-state index in [0.717, 1.165) is 13.0 Å². The minimum Gasteiger partial charge on any atom is -0.486 e. The first-order chi connectivity index (χ1) is 10.1. The molecular formula is C15H19N3O3. The summed E-state index contributed by atoms with van der Waals surface area (Å²) in [6, 6.07) is 7.68. The van der Waals surface area contributed by atoms with Gasteiger partial charge in [0.25, 0.3) is 0 Å². The van der Waals surface area contributed by atoms with E-state index in [4.69, 9.17) is 4.74 Å². The number of hydrogen-bond donors (Lipinski definition) is 1. The van der Waals surface area contributed by atoms with Crippen molar-refractivity contribution in [3.8, 4) is 5.75 Å². The van der Waals surface area contributed by atoms with Crippen LogP contribution in [0.3, 0.4) is 0 Å². The van der Waals surface area contributed by atoms with E-state index >= 15 is 0 Å². The molecule has 1 N–H and O–H groups in total. The van der Waals surface area contributed by atoms with E-state index in [2.05, 4.69) is 24.1 Å². The van der Waals surface area contributed by atoms with Gasteiger partial charge in [0.2, 0.25) is 5.75 Å². The molecule has 0 saturated heterocycles. The van der Waals surface area contributed by atoms with Crippen molar-refractivity contribution in [2.45, 2.75) is 26.3 Å². The zero-order valence-electron chi connectivity index (χ0n) is 12.2. The number of aromatic nitrogens is 1. The molecular weight excluding hydrogens is 270 g/mol. The topological polar surface area (TPSA) is 77.3 Å². The van der Waals surface area contributed by atoms with Gasteiger partial charge in [0.05, 0.1) is 17.0 Å². The third-order valence-corrected chi connectivity index (χ3v) is 3.02. The predicted octanol–water partition coefficient (Wildman–Crippen LogP) is 2.91. The van der Waals surface area contributed by atoms with Crippen LogP contribution in [0.1, 0.15) is 20.3 Å². The Kier molecular flexibility index (Phi) is 5.05. The van der Waals surface area contributed by atoms with Crippen molar-refractivity contribution >= 4 is 16.6 Å². The molecule has 0 atom stereocenters. The fourth-order valence-corrected chi connectivity index (χ4v) is 2.02. The van der Waals surface area contributed by atoms with E-state index in [1.54, 1.807) is 6.07 Å². The highest BCUT2D eigenvalue weighted by Gasteiger charge is 2.19. The molecule has 2 rings (SSSR count). The lowest BCUT2D eigenvalue weighted by Gasteiger charge is -2.11. The molecule has 0 spiro atoms. The van der Waals surface area contributed by atoms with E-state index < -0.39 is 4.92 Å². The standard InChI is InChI=1S/C15H19N3O3/c1-11(2)16-8-5-9-21-15-12-6-3-4-7-13(12)17-10-14(15)18(19)20/h3-4,6-7,10-11,16H,5,8-9H2,1-2H3. The molecule has 0 fully saturated rings. The first-order valence-electron chi connectivity index (χ1n) is 6.98. The molecule has 0 amide bonds. The zero-order valence-corrected chi connectivity index (χ0v) is 12.2. The van der Waals surface area contributed by atoms with E-state index in [1.807, 2.05) is 18.2 Å². The van der Waals surface area contributed by atoms with Crippen LogP contribution in [0.4, 0.5) is 5.69 Å². The summed E-state index contributed by atoms with van der Waals surface area (Å²) in [5.74, 6) is 0.301. The number of benzene rings is 1. The van der Waals surface area contributed by atoms with Crippen molar-refractivity contribution in [3.63, 3.8) is 0 Å². The monoisotopic (exact) mass is 289 g/mol. The van der Waals surface area contributed by atoms with Crippen molar-refractivity contribution in [1.82, 2.24) is 10.3 Å². The number of nitrogens with zero attached hydrogens (tertiary/aromatic N) is 2. The Morgan fingerprint density at radius 2 is 2.14 bits per heavy atom. The average Bonchev–Trinajstić information content (AvgIpc) is 2.46. The minimum absolute atomic E-state index is 0.0921. The van der Waals surface area contributed by atoms with Crippen LogP contribution in [0.15, 0.2) is 30.5 Å². The smallest absolute Gasteiger partial charge is 0.329 e. The second-order valence-corrected chi connectivity index (χ2v) is 5.06. The molecule has 112 valence electrons. The molecule has 0 bridgehead atoms. The molecule has 21 heavy (non-hydrogen) atoms. The van der Waals surface area contributed by atoms with Crippen LogP contribution >= 0.6 is 0 Å². The van der Waals surface area contributed by atoms with Crippen LogP contribution < -0.4 is 10.1 Å². The molecule has 2 aromatic rings. The lowest BCUT2D eigenvalue weighted by Crippen LogP contribution is -2.24. The van der Waals surface area contributed by atoms with Crippen LogP contribution in [-0.4, -0.2) is 29.1 Å². The molecule has 1 heterocycles.